The Balaban J connectivity index is 1.83. The smallest absolute Gasteiger partial charge is 0.133 e. The Kier molecular flexibility index (Phi) is 5.68. The van der Waals surface area contributed by atoms with Crippen LogP contribution in [0.3, 0.4) is 0 Å². The van der Waals surface area contributed by atoms with Crippen LogP contribution in [-0.2, 0) is 12.8 Å². The van der Waals surface area contributed by atoms with Crippen LogP contribution in [0.5, 0.6) is 0 Å². The quantitative estimate of drug-likeness (QED) is 0.486. The van der Waals surface area contributed by atoms with Gasteiger partial charge in [-0.25, -0.2) is 4.98 Å². The van der Waals surface area contributed by atoms with Crippen LogP contribution in [0.4, 0.5) is 0 Å². The van der Waals surface area contributed by atoms with Gasteiger partial charge in [-0.05, 0) is 48.1 Å². The largest absolute Gasteiger partial charge is 0.396 e. The number of benzene rings is 1. The maximum absolute atomic E-state index is 8.88. The van der Waals surface area contributed by atoms with E-state index in [1.807, 2.05) is 30.5 Å². The average Bonchev–Trinajstić information content (AvgIpc) is 3.05. The summed E-state index contributed by atoms with van der Waals surface area (Å²) in [6.45, 7) is 0.249. The van der Waals surface area contributed by atoms with Crippen LogP contribution in [-0.4, -0.2) is 21.7 Å². The number of aliphatic hydroxyl groups is 1. The topological polar surface area (TPSA) is 48.9 Å². The third-order valence-corrected chi connectivity index (χ3v) is 4.45. The first-order valence-corrected chi connectivity index (χ1v) is 8.61. The second-order valence-corrected chi connectivity index (χ2v) is 6.24. The van der Waals surface area contributed by atoms with Gasteiger partial charge in [-0.15, -0.1) is 0 Å². The van der Waals surface area contributed by atoms with E-state index in [1.165, 1.54) is 11.3 Å². The monoisotopic (exact) mass is 340 g/mol. The summed E-state index contributed by atoms with van der Waals surface area (Å²) in [5.74, 6) is 0. The zero-order chi connectivity index (χ0) is 16.8. The van der Waals surface area contributed by atoms with Gasteiger partial charge in [0, 0.05) is 36.7 Å². The van der Waals surface area contributed by atoms with Gasteiger partial charge in [0.05, 0.1) is 0 Å². The van der Waals surface area contributed by atoms with Gasteiger partial charge in [0.15, 0.2) is 0 Å². The lowest BCUT2D eigenvalue weighted by molar-refractivity contribution is 0.284. The molecule has 1 aromatic carbocycles. The third kappa shape index (κ3) is 4.05. The lowest BCUT2D eigenvalue weighted by atomic mass is 9.97. The van der Waals surface area contributed by atoms with E-state index in [0.717, 1.165) is 42.4 Å². The standard InChI is InChI=1S/C20H21ClN2O/c21-20-19(13-15-12-17(23-14-15)8-4-5-11-24)18(9-10-22-20)16-6-2-1-3-7-16/h1-3,6-7,9-10,12,14,23-24H,4-5,8,11,13H2. The number of hydrogen-bond donors (Lipinski definition) is 2. The van der Waals surface area contributed by atoms with E-state index in [-0.39, 0.29) is 6.61 Å². The molecule has 3 nitrogen and oxygen atoms in total. The Bertz CT molecular complexity index is 783. The molecule has 3 rings (SSSR count). The molecule has 24 heavy (non-hydrogen) atoms. The lowest BCUT2D eigenvalue weighted by Crippen LogP contribution is -1.95. The molecule has 2 aromatic heterocycles. The van der Waals surface area contributed by atoms with Crippen LogP contribution in [0.25, 0.3) is 11.1 Å². The summed E-state index contributed by atoms with van der Waals surface area (Å²) in [6.07, 6.45) is 7.30. The van der Waals surface area contributed by atoms with E-state index in [4.69, 9.17) is 16.7 Å². The molecule has 2 N–H and O–H groups in total. The molecule has 0 fully saturated rings. The van der Waals surface area contributed by atoms with Crippen molar-refractivity contribution in [1.82, 2.24) is 9.97 Å². The number of hydrogen-bond acceptors (Lipinski definition) is 2. The highest BCUT2D eigenvalue weighted by Gasteiger charge is 2.12. The third-order valence-electron chi connectivity index (χ3n) is 4.13. The summed E-state index contributed by atoms with van der Waals surface area (Å²) in [6, 6.07) is 14.4. The summed E-state index contributed by atoms with van der Waals surface area (Å²) >= 11 is 6.39. The predicted octanol–water partition coefficient (Wildman–Crippen LogP) is 4.64. The average molecular weight is 341 g/mol. The number of unbranched alkanes of at least 4 members (excludes halogenated alkanes) is 1. The minimum atomic E-state index is 0.249. The number of pyridine rings is 1. The van der Waals surface area contributed by atoms with E-state index in [2.05, 4.69) is 28.2 Å². The van der Waals surface area contributed by atoms with Gasteiger partial charge in [0.2, 0.25) is 0 Å². The van der Waals surface area contributed by atoms with Crippen LogP contribution in [0.1, 0.15) is 29.7 Å². The SMILES string of the molecule is OCCCCc1cc(Cc2c(-c3ccccc3)ccnc2Cl)c[nH]1. The first-order valence-electron chi connectivity index (χ1n) is 8.24. The van der Waals surface area contributed by atoms with Gasteiger partial charge in [-0.2, -0.15) is 0 Å². The molecule has 0 radical (unpaired) electrons. The number of nitrogens with one attached hydrogen (secondary N) is 1. The van der Waals surface area contributed by atoms with Crippen LogP contribution in [0, 0.1) is 0 Å². The first-order chi connectivity index (χ1) is 11.8. The summed E-state index contributed by atoms with van der Waals surface area (Å²) in [5, 5.41) is 9.44. The fraction of sp³-hybridized carbons (Fsp3) is 0.250. The zero-order valence-corrected chi connectivity index (χ0v) is 14.3. The maximum Gasteiger partial charge on any atom is 0.133 e. The molecule has 0 saturated carbocycles. The molecule has 0 bridgehead atoms. The molecule has 2 heterocycles. The molecule has 0 atom stereocenters. The molecule has 0 aliphatic rings. The molecule has 0 saturated heterocycles. The molecular formula is C20H21ClN2O. The number of rotatable bonds is 7. The maximum atomic E-state index is 8.88. The highest BCUT2D eigenvalue weighted by atomic mass is 35.5. The fourth-order valence-electron chi connectivity index (χ4n) is 2.89. The van der Waals surface area contributed by atoms with Gasteiger partial charge in [0.1, 0.15) is 5.15 Å². The zero-order valence-electron chi connectivity index (χ0n) is 13.5. The summed E-state index contributed by atoms with van der Waals surface area (Å²) < 4.78 is 0. The number of aromatic amines is 1. The van der Waals surface area contributed by atoms with Gasteiger partial charge < -0.3 is 10.1 Å². The Hall–Kier alpha value is -2.10. The van der Waals surface area contributed by atoms with E-state index >= 15 is 0 Å². The van der Waals surface area contributed by atoms with Gasteiger partial charge in [-0.1, -0.05) is 41.9 Å². The van der Waals surface area contributed by atoms with Crippen molar-refractivity contribution in [3.63, 3.8) is 0 Å². The molecular weight excluding hydrogens is 320 g/mol. The second kappa shape index (κ2) is 8.13. The number of aryl methyl sites for hydroxylation is 1. The highest BCUT2D eigenvalue weighted by Crippen LogP contribution is 2.29. The summed E-state index contributed by atoms with van der Waals surface area (Å²) in [5.41, 5.74) is 5.71. The van der Waals surface area contributed by atoms with Crippen molar-refractivity contribution in [3.8, 4) is 11.1 Å². The molecule has 0 aliphatic heterocycles. The van der Waals surface area contributed by atoms with Crippen molar-refractivity contribution in [3.05, 3.63) is 76.8 Å². The Morgan fingerprint density at radius 2 is 1.92 bits per heavy atom. The van der Waals surface area contributed by atoms with E-state index in [0.29, 0.717) is 5.15 Å². The van der Waals surface area contributed by atoms with Crippen LogP contribution >= 0.6 is 11.6 Å². The Morgan fingerprint density at radius 1 is 1.08 bits per heavy atom. The first kappa shape index (κ1) is 16.7. The molecule has 0 amide bonds. The summed E-state index contributed by atoms with van der Waals surface area (Å²) in [4.78, 5) is 7.57. The minimum absolute atomic E-state index is 0.249. The van der Waals surface area contributed by atoms with Crippen LogP contribution in [0.15, 0.2) is 54.9 Å². The van der Waals surface area contributed by atoms with Crippen LogP contribution in [0.2, 0.25) is 5.15 Å². The molecule has 0 spiro atoms. The predicted molar refractivity (Wildman–Crippen MR) is 98.3 cm³/mol. The number of aromatic nitrogens is 2. The lowest BCUT2D eigenvalue weighted by Gasteiger charge is -2.10. The number of aliphatic hydroxyl groups excluding tert-OH is 1. The molecule has 124 valence electrons. The van der Waals surface area contributed by atoms with E-state index in [9.17, 15) is 0 Å². The summed E-state index contributed by atoms with van der Waals surface area (Å²) in [7, 11) is 0. The van der Waals surface area contributed by atoms with Crippen molar-refractivity contribution in [2.24, 2.45) is 0 Å². The molecule has 0 aliphatic carbocycles. The highest BCUT2D eigenvalue weighted by molar-refractivity contribution is 6.30. The van der Waals surface area contributed by atoms with Gasteiger partial charge >= 0.3 is 0 Å². The van der Waals surface area contributed by atoms with Gasteiger partial charge in [0.25, 0.3) is 0 Å². The van der Waals surface area contributed by atoms with E-state index in [1.54, 1.807) is 6.20 Å². The second-order valence-electron chi connectivity index (χ2n) is 5.88. The number of H-pyrrole nitrogens is 1. The van der Waals surface area contributed by atoms with Crippen molar-refractivity contribution in [2.75, 3.05) is 6.61 Å². The fourth-order valence-corrected chi connectivity index (χ4v) is 3.12. The van der Waals surface area contributed by atoms with Crippen molar-refractivity contribution in [2.45, 2.75) is 25.7 Å². The molecule has 4 heteroatoms. The molecule has 3 aromatic rings. The van der Waals surface area contributed by atoms with Gasteiger partial charge in [-0.3, -0.25) is 0 Å². The van der Waals surface area contributed by atoms with Crippen molar-refractivity contribution < 1.29 is 5.11 Å². The minimum Gasteiger partial charge on any atom is -0.396 e. The normalized spacial score (nSPS) is 10.9. The van der Waals surface area contributed by atoms with Crippen LogP contribution < -0.4 is 0 Å². The van der Waals surface area contributed by atoms with Crippen molar-refractivity contribution in [1.29, 1.82) is 0 Å². The van der Waals surface area contributed by atoms with Crippen molar-refractivity contribution >= 4 is 11.6 Å². The Morgan fingerprint density at radius 3 is 2.71 bits per heavy atom. The Labute approximate surface area is 147 Å². The number of halogens is 1. The van der Waals surface area contributed by atoms with E-state index < -0.39 is 0 Å². The molecule has 0 unspecified atom stereocenters. The number of nitrogens with zero attached hydrogens (tertiary/aromatic N) is 1.